The van der Waals surface area contributed by atoms with Gasteiger partial charge in [0.1, 0.15) is 18.2 Å². The van der Waals surface area contributed by atoms with Crippen molar-refractivity contribution in [3.05, 3.63) is 18.6 Å². The van der Waals surface area contributed by atoms with Crippen molar-refractivity contribution in [2.24, 2.45) is 0 Å². The number of halogens is 3. The highest BCUT2D eigenvalue weighted by molar-refractivity contribution is 5.41. The Bertz CT molecular complexity index is 410. The first-order valence-electron chi connectivity index (χ1n) is 6.85. The summed E-state index contributed by atoms with van der Waals surface area (Å²) in [5, 5.41) is 2.90. The van der Waals surface area contributed by atoms with Crippen molar-refractivity contribution in [1.82, 2.24) is 15.3 Å². The number of nitrogens with one attached hydrogen (secondary N) is 1. The van der Waals surface area contributed by atoms with Crippen LogP contribution in [0.15, 0.2) is 18.6 Å². The van der Waals surface area contributed by atoms with Crippen molar-refractivity contribution in [1.29, 1.82) is 0 Å². The summed E-state index contributed by atoms with van der Waals surface area (Å²) in [5.74, 6) is 0.352. The lowest BCUT2D eigenvalue weighted by Crippen LogP contribution is -2.63. The Hall–Kier alpha value is -1.37. The van der Waals surface area contributed by atoms with Crippen LogP contribution < -0.4 is 10.2 Å². The molecule has 1 saturated heterocycles. The number of hydrogen-bond donors (Lipinski definition) is 1. The van der Waals surface area contributed by atoms with Crippen LogP contribution in [0.3, 0.4) is 0 Å². The van der Waals surface area contributed by atoms with Crippen LogP contribution >= 0.6 is 0 Å². The molecule has 0 aromatic carbocycles. The predicted molar refractivity (Wildman–Crippen MR) is 70.5 cm³/mol. The van der Waals surface area contributed by atoms with Crippen molar-refractivity contribution in [3.8, 4) is 0 Å². The van der Waals surface area contributed by atoms with Gasteiger partial charge in [0.05, 0.1) is 0 Å². The highest BCUT2D eigenvalue weighted by Crippen LogP contribution is 2.32. The van der Waals surface area contributed by atoms with Crippen LogP contribution in [-0.2, 0) is 0 Å². The van der Waals surface area contributed by atoms with Gasteiger partial charge >= 0.3 is 6.18 Å². The van der Waals surface area contributed by atoms with E-state index in [9.17, 15) is 13.2 Å². The van der Waals surface area contributed by atoms with E-state index >= 15 is 0 Å². The minimum absolute atomic E-state index is 0.101. The molecule has 2 atom stereocenters. The van der Waals surface area contributed by atoms with Crippen LogP contribution in [0.5, 0.6) is 0 Å². The zero-order valence-corrected chi connectivity index (χ0v) is 11.4. The average molecular weight is 288 g/mol. The largest absolute Gasteiger partial charge is 0.410 e. The van der Waals surface area contributed by atoms with E-state index < -0.39 is 12.2 Å². The Morgan fingerprint density at radius 2 is 2.20 bits per heavy atom. The monoisotopic (exact) mass is 288 g/mol. The van der Waals surface area contributed by atoms with E-state index in [2.05, 4.69) is 15.3 Å². The van der Waals surface area contributed by atoms with Gasteiger partial charge in [-0.3, -0.25) is 0 Å². The first kappa shape index (κ1) is 15.0. The number of rotatable bonds is 4. The van der Waals surface area contributed by atoms with Gasteiger partial charge in [0, 0.05) is 25.3 Å². The fraction of sp³-hybridized carbons (Fsp3) is 0.692. The second kappa shape index (κ2) is 6.39. The Kier molecular flexibility index (Phi) is 4.80. The summed E-state index contributed by atoms with van der Waals surface area (Å²) < 4.78 is 39.7. The summed E-state index contributed by atoms with van der Waals surface area (Å²) in [6.45, 7) is 2.49. The standard InChI is InChI=1S/C13H19F3N4/c1-2-3-4-10-7-18-8-11(13(14,15)16)20(10)12-5-6-17-9-19-12/h5-6,9-11,18H,2-4,7-8H2,1H3. The van der Waals surface area contributed by atoms with Crippen molar-refractivity contribution in [2.45, 2.75) is 44.4 Å². The average Bonchev–Trinajstić information content (AvgIpc) is 2.44. The first-order chi connectivity index (χ1) is 9.54. The van der Waals surface area contributed by atoms with Crippen LogP contribution in [0.4, 0.5) is 19.0 Å². The Morgan fingerprint density at radius 1 is 1.40 bits per heavy atom. The van der Waals surface area contributed by atoms with E-state index in [0.717, 1.165) is 19.3 Å². The molecule has 1 aromatic rings. The molecule has 1 N–H and O–H groups in total. The minimum atomic E-state index is -4.27. The van der Waals surface area contributed by atoms with Crippen molar-refractivity contribution in [3.63, 3.8) is 0 Å². The van der Waals surface area contributed by atoms with Crippen LogP contribution in [0.1, 0.15) is 26.2 Å². The van der Waals surface area contributed by atoms with Gasteiger partial charge in [-0.1, -0.05) is 19.8 Å². The second-order valence-corrected chi connectivity index (χ2v) is 4.99. The summed E-state index contributed by atoms with van der Waals surface area (Å²) in [6.07, 6.45) is 1.09. The third kappa shape index (κ3) is 3.39. The lowest BCUT2D eigenvalue weighted by molar-refractivity contribution is -0.151. The topological polar surface area (TPSA) is 41.0 Å². The number of aromatic nitrogens is 2. The zero-order valence-electron chi connectivity index (χ0n) is 11.4. The fourth-order valence-corrected chi connectivity index (χ4v) is 2.58. The predicted octanol–water partition coefficient (Wildman–Crippen LogP) is 2.38. The molecule has 1 aliphatic rings. The molecule has 1 aromatic heterocycles. The summed E-state index contributed by atoms with van der Waals surface area (Å²) in [7, 11) is 0. The molecule has 1 fully saturated rings. The molecule has 0 aliphatic carbocycles. The molecule has 0 radical (unpaired) electrons. The third-order valence-corrected chi connectivity index (χ3v) is 3.55. The maximum absolute atomic E-state index is 13.2. The van der Waals surface area contributed by atoms with Crippen LogP contribution in [0, 0.1) is 0 Å². The highest BCUT2D eigenvalue weighted by Gasteiger charge is 2.47. The van der Waals surface area contributed by atoms with Gasteiger partial charge in [-0.25, -0.2) is 9.97 Å². The summed E-state index contributed by atoms with van der Waals surface area (Å²) in [5.41, 5.74) is 0. The molecule has 112 valence electrons. The number of anilines is 1. The quantitative estimate of drug-likeness (QED) is 0.923. The molecule has 0 amide bonds. The molecule has 1 aliphatic heterocycles. The molecule has 0 spiro atoms. The smallest absolute Gasteiger partial charge is 0.339 e. The number of alkyl halides is 3. The molecule has 4 nitrogen and oxygen atoms in total. The third-order valence-electron chi connectivity index (χ3n) is 3.55. The molecular weight excluding hydrogens is 269 g/mol. The van der Waals surface area contributed by atoms with E-state index in [1.165, 1.54) is 17.4 Å². The van der Waals surface area contributed by atoms with Crippen molar-refractivity contribution >= 4 is 5.82 Å². The van der Waals surface area contributed by atoms with Gasteiger partial charge < -0.3 is 10.2 Å². The molecule has 2 rings (SSSR count). The highest BCUT2D eigenvalue weighted by atomic mass is 19.4. The van der Waals surface area contributed by atoms with Crippen LogP contribution in [0.2, 0.25) is 0 Å². The minimum Gasteiger partial charge on any atom is -0.339 e. The van der Waals surface area contributed by atoms with Crippen molar-refractivity contribution in [2.75, 3.05) is 18.0 Å². The SMILES string of the molecule is CCCCC1CNCC(C(F)(F)F)N1c1ccncn1. The van der Waals surface area contributed by atoms with E-state index in [1.807, 2.05) is 6.92 Å². The molecule has 0 saturated carbocycles. The number of nitrogens with zero attached hydrogens (tertiary/aromatic N) is 3. The number of hydrogen-bond acceptors (Lipinski definition) is 4. The summed E-state index contributed by atoms with van der Waals surface area (Å²) in [6, 6.07) is -0.179. The van der Waals surface area contributed by atoms with Gasteiger partial charge in [-0.05, 0) is 12.5 Å². The molecule has 2 heterocycles. The maximum Gasteiger partial charge on any atom is 0.410 e. The van der Waals surface area contributed by atoms with E-state index in [-0.39, 0.29) is 12.6 Å². The number of piperazine rings is 1. The van der Waals surface area contributed by atoms with Gasteiger partial charge in [0.15, 0.2) is 0 Å². The Balaban J connectivity index is 2.28. The maximum atomic E-state index is 13.2. The molecule has 7 heteroatoms. The molecule has 2 unspecified atom stereocenters. The van der Waals surface area contributed by atoms with Crippen LogP contribution in [0.25, 0.3) is 0 Å². The summed E-state index contributed by atoms with van der Waals surface area (Å²) >= 11 is 0. The van der Waals surface area contributed by atoms with Gasteiger partial charge in [-0.2, -0.15) is 13.2 Å². The Labute approximate surface area is 116 Å². The van der Waals surface area contributed by atoms with Crippen LogP contribution in [-0.4, -0.2) is 41.3 Å². The number of unbranched alkanes of at least 4 members (excludes halogenated alkanes) is 1. The zero-order chi connectivity index (χ0) is 14.6. The lowest BCUT2D eigenvalue weighted by Gasteiger charge is -2.44. The first-order valence-corrected chi connectivity index (χ1v) is 6.85. The molecular formula is C13H19F3N4. The second-order valence-electron chi connectivity index (χ2n) is 4.99. The summed E-state index contributed by atoms with van der Waals surface area (Å²) in [4.78, 5) is 9.20. The normalized spacial score (nSPS) is 23.9. The van der Waals surface area contributed by atoms with Gasteiger partial charge in [0.25, 0.3) is 0 Å². The van der Waals surface area contributed by atoms with Gasteiger partial charge in [0.2, 0.25) is 0 Å². The fourth-order valence-electron chi connectivity index (χ4n) is 2.58. The van der Waals surface area contributed by atoms with E-state index in [1.54, 1.807) is 6.07 Å². The molecule has 0 bridgehead atoms. The van der Waals surface area contributed by atoms with Crippen molar-refractivity contribution < 1.29 is 13.2 Å². The van der Waals surface area contributed by atoms with Gasteiger partial charge in [-0.15, -0.1) is 0 Å². The lowest BCUT2D eigenvalue weighted by atomic mass is 10.0. The van der Waals surface area contributed by atoms with E-state index in [0.29, 0.717) is 12.4 Å². The molecule has 20 heavy (non-hydrogen) atoms. The van der Waals surface area contributed by atoms with E-state index in [4.69, 9.17) is 0 Å². The Morgan fingerprint density at radius 3 is 2.80 bits per heavy atom.